The molecule has 1 heterocycles. The molecule has 0 atom stereocenters. The van der Waals surface area contributed by atoms with E-state index < -0.39 is 35.6 Å². The van der Waals surface area contributed by atoms with Gasteiger partial charge in [-0.15, -0.1) is 0 Å². The number of hydrogen-bond acceptors (Lipinski definition) is 5. The van der Waals surface area contributed by atoms with Crippen LogP contribution in [0.1, 0.15) is 11.1 Å². The Balaban J connectivity index is 1.44. The molecule has 1 amide bonds. The molecular weight excluding hydrogens is 611 g/mol. The van der Waals surface area contributed by atoms with E-state index in [4.69, 9.17) is 27.9 Å². The molecular formula is C30H18Cl2F4N4O3. The highest BCUT2D eigenvalue weighted by Gasteiger charge is 2.31. The third-order valence-electron chi connectivity index (χ3n) is 6.02. The molecule has 1 aromatic heterocycles. The number of fused-ring (bicyclic) bond motifs is 1. The van der Waals surface area contributed by atoms with Crippen LogP contribution in [-0.2, 0) is 11.0 Å². The van der Waals surface area contributed by atoms with Crippen molar-refractivity contribution in [1.82, 2.24) is 9.66 Å². The van der Waals surface area contributed by atoms with E-state index in [0.29, 0.717) is 11.3 Å². The summed E-state index contributed by atoms with van der Waals surface area (Å²) in [6.07, 6.45) is -3.38. The molecule has 4 aromatic carbocycles. The molecule has 0 unspecified atom stereocenters. The average molecular weight is 629 g/mol. The Labute approximate surface area is 251 Å². The molecule has 0 fully saturated rings. The van der Waals surface area contributed by atoms with E-state index in [0.717, 1.165) is 16.8 Å². The lowest BCUT2D eigenvalue weighted by Crippen LogP contribution is -2.20. The first-order chi connectivity index (χ1) is 20.5. The molecule has 0 bridgehead atoms. The number of carbonyl (C=O) groups is 1. The van der Waals surface area contributed by atoms with Gasteiger partial charge in [0.05, 0.1) is 32.7 Å². The first-order valence-electron chi connectivity index (χ1n) is 12.4. The summed E-state index contributed by atoms with van der Waals surface area (Å²) in [5, 5.41) is 7.00. The molecule has 5 aromatic rings. The standard InChI is InChI=1S/C30H18Cl2F4N4O3/c31-23-12-17(13-24(32)27(23)43-16-26(41)38-21-10-8-20(33)9-11-21)15-37-40-28(18-4-3-5-19(14-18)30(34,35)36)39-25-7-2-1-6-22(25)29(40)42/h1-15H,16H2,(H,38,41). The smallest absolute Gasteiger partial charge is 0.416 e. The zero-order chi connectivity index (χ0) is 30.7. The second kappa shape index (κ2) is 12.2. The number of ether oxygens (including phenoxy) is 1. The van der Waals surface area contributed by atoms with Crippen LogP contribution >= 0.6 is 23.2 Å². The lowest BCUT2D eigenvalue weighted by molar-refractivity contribution is -0.137. The van der Waals surface area contributed by atoms with Gasteiger partial charge in [0.1, 0.15) is 5.82 Å². The second-order valence-corrected chi connectivity index (χ2v) is 9.86. The summed E-state index contributed by atoms with van der Waals surface area (Å²) in [6.45, 7) is -0.456. The van der Waals surface area contributed by atoms with Crippen LogP contribution in [0.3, 0.4) is 0 Å². The van der Waals surface area contributed by atoms with Crippen molar-refractivity contribution in [2.75, 3.05) is 11.9 Å². The molecule has 13 heteroatoms. The predicted molar refractivity (Wildman–Crippen MR) is 156 cm³/mol. The summed E-state index contributed by atoms with van der Waals surface area (Å²) < 4.78 is 59.7. The van der Waals surface area contributed by atoms with Crippen LogP contribution in [0.25, 0.3) is 22.3 Å². The van der Waals surface area contributed by atoms with Crippen molar-refractivity contribution in [2.24, 2.45) is 5.10 Å². The van der Waals surface area contributed by atoms with Crippen molar-refractivity contribution in [3.05, 3.63) is 122 Å². The van der Waals surface area contributed by atoms with Gasteiger partial charge in [0.2, 0.25) is 0 Å². The minimum Gasteiger partial charge on any atom is -0.481 e. The SMILES string of the molecule is O=C(COc1c(Cl)cc(C=Nn2c(-c3cccc(C(F)(F)F)c3)nc3ccccc3c2=O)cc1Cl)Nc1ccc(F)cc1. The molecule has 0 radical (unpaired) electrons. The molecule has 5 rings (SSSR count). The van der Waals surface area contributed by atoms with Gasteiger partial charge in [-0.3, -0.25) is 9.59 Å². The highest BCUT2D eigenvalue weighted by molar-refractivity contribution is 6.37. The van der Waals surface area contributed by atoms with Gasteiger partial charge in [0.15, 0.2) is 18.2 Å². The fourth-order valence-corrected chi connectivity index (χ4v) is 4.65. The van der Waals surface area contributed by atoms with Gasteiger partial charge in [-0.2, -0.15) is 22.9 Å². The van der Waals surface area contributed by atoms with Crippen molar-refractivity contribution < 1.29 is 27.1 Å². The summed E-state index contributed by atoms with van der Waals surface area (Å²) in [5.74, 6) is -1.11. The highest BCUT2D eigenvalue weighted by Crippen LogP contribution is 2.34. The van der Waals surface area contributed by atoms with Gasteiger partial charge < -0.3 is 10.1 Å². The number of aromatic nitrogens is 2. The number of hydrogen-bond donors (Lipinski definition) is 1. The van der Waals surface area contributed by atoms with E-state index in [-0.39, 0.29) is 38.1 Å². The Morgan fingerprint density at radius 2 is 1.67 bits per heavy atom. The van der Waals surface area contributed by atoms with E-state index >= 15 is 0 Å². The van der Waals surface area contributed by atoms with Crippen molar-refractivity contribution >= 4 is 51.9 Å². The van der Waals surface area contributed by atoms with Crippen molar-refractivity contribution in [3.63, 3.8) is 0 Å². The second-order valence-electron chi connectivity index (χ2n) is 9.05. The summed E-state index contributed by atoms with van der Waals surface area (Å²) in [6, 6.07) is 18.7. The van der Waals surface area contributed by atoms with Crippen LogP contribution in [0.4, 0.5) is 23.2 Å². The third kappa shape index (κ3) is 6.85. The van der Waals surface area contributed by atoms with Gasteiger partial charge in [-0.25, -0.2) is 9.37 Å². The van der Waals surface area contributed by atoms with Crippen LogP contribution < -0.4 is 15.6 Å². The molecule has 0 spiro atoms. The van der Waals surface area contributed by atoms with E-state index in [9.17, 15) is 27.2 Å². The maximum atomic E-state index is 13.4. The van der Waals surface area contributed by atoms with E-state index in [2.05, 4.69) is 15.4 Å². The van der Waals surface area contributed by atoms with E-state index in [1.807, 2.05) is 0 Å². The van der Waals surface area contributed by atoms with Crippen LogP contribution in [0.2, 0.25) is 10.0 Å². The first-order valence-corrected chi connectivity index (χ1v) is 13.2. The van der Waals surface area contributed by atoms with Crippen LogP contribution in [0.5, 0.6) is 5.75 Å². The number of carbonyl (C=O) groups excluding carboxylic acids is 1. The largest absolute Gasteiger partial charge is 0.481 e. The van der Waals surface area contributed by atoms with E-state index in [1.165, 1.54) is 60.8 Å². The number of para-hydroxylation sites is 1. The van der Waals surface area contributed by atoms with Gasteiger partial charge in [-0.1, -0.05) is 47.5 Å². The Kier molecular flexibility index (Phi) is 8.47. The molecule has 0 aliphatic carbocycles. The molecule has 218 valence electrons. The number of anilines is 1. The fourth-order valence-electron chi connectivity index (χ4n) is 4.04. The number of rotatable bonds is 7. The summed E-state index contributed by atoms with van der Waals surface area (Å²) >= 11 is 12.7. The summed E-state index contributed by atoms with van der Waals surface area (Å²) in [7, 11) is 0. The Morgan fingerprint density at radius 1 is 0.977 bits per heavy atom. The number of nitrogens with zero attached hydrogens (tertiary/aromatic N) is 3. The number of amides is 1. The Hall–Kier alpha value is -4.74. The van der Waals surface area contributed by atoms with Gasteiger partial charge in [-0.05, 0) is 66.2 Å². The number of benzene rings is 4. The fraction of sp³-hybridized carbons (Fsp3) is 0.0667. The minimum absolute atomic E-state index is 0.00364. The summed E-state index contributed by atoms with van der Waals surface area (Å²) in [5.41, 5.74) is -0.548. The van der Waals surface area contributed by atoms with Gasteiger partial charge in [0, 0.05) is 11.3 Å². The van der Waals surface area contributed by atoms with Crippen LogP contribution in [-0.4, -0.2) is 28.4 Å². The van der Waals surface area contributed by atoms with Crippen LogP contribution in [0.15, 0.2) is 94.8 Å². The normalized spacial score (nSPS) is 11.7. The number of halogens is 6. The zero-order valence-electron chi connectivity index (χ0n) is 21.7. The monoisotopic (exact) mass is 628 g/mol. The summed E-state index contributed by atoms with van der Waals surface area (Å²) in [4.78, 5) is 30.0. The molecule has 0 saturated heterocycles. The molecule has 0 aliphatic heterocycles. The number of alkyl halides is 3. The van der Waals surface area contributed by atoms with Gasteiger partial charge in [0.25, 0.3) is 11.5 Å². The predicted octanol–water partition coefficient (Wildman–Crippen LogP) is 7.43. The quantitative estimate of drug-likeness (QED) is 0.150. The maximum absolute atomic E-state index is 13.4. The van der Waals surface area contributed by atoms with Crippen molar-refractivity contribution in [2.45, 2.75) is 6.18 Å². The van der Waals surface area contributed by atoms with Gasteiger partial charge >= 0.3 is 6.18 Å². The third-order valence-corrected chi connectivity index (χ3v) is 6.58. The molecule has 43 heavy (non-hydrogen) atoms. The van der Waals surface area contributed by atoms with Crippen molar-refractivity contribution in [3.8, 4) is 17.1 Å². The lowest BCUT2D eigenvalue weighted by Gasteiger charge is -2.12. The van der Waals surface area contributed by atoms with E-state index in [1.54, 1.807) is 18.2 Å². The molecule has 7 nitrogen and oxygen atoms in total. The molecule has 0 saturated carbocycles. The topological polar surface area (TPSA) is 85.6 Å². The highest BCUT2D eigenvalue weighted by atomic mass is 35.5. The lowest BCUT2D eigenvalue weighted by atomic mass is 10.1. The van der Waals surface area contributed by atoms with Crippen LogP contribution in [0, 0.1) is 5.82 Å². The maximum Gasteiger partial charge on any atom is 0.416 e. The minimum atomic E-state index is -4.61. The Morgan fingerprint density at radius 3 is 2.37 bits per heavy atom. The molecule has 0 aliphatic rings. The molecule has 1 N–H and O–H groups in total. The van der Waals surface area contributed by atoms with Crippen molar-refractivity contribution in [1.29, 1.82) is 0 Å². The first kappa shape index (κ1) is 29.7. The number of nitrogens with one attached hydrogen (secondary N) is 1. The average Bonchev–Trinajstić information content (AvgIpc) is 2.97. The zero-order valence-corrected chi connectivity index (χ0v) is 23.2. The Bertz CT molecular complexity index is 1900.